The molecule has 0 spiro atoms. The minimum absolute atomic E-state index is 0.00758. The molecule has 0 radical (unpaired) electrons. The topological polar surface area (TPSA) is 81.4 Å². The number of amides is 1. The molecule has 4 aromatic rings. The van der Waals surface area contributed by atoms with Gasteiger partial charge in [0.2, 0.25) is 5.90 Å². The minimum atomic E-state index is -0.334. The van der Waals surface area contributed by atoms with Gasteiger partial charge in [0.25, 0.3) is 5.91 Å². The summed E-state index contributed by atoms with van der Waals surface area (Å²) in [7, 11) is 0. The fraction of sp³-hybridized carbons (Fsp3) is 0.286. The van der Waals surface area contributed by atoms with Crippen LogP contribution in [-0.2, 0) is 17.8 Å². The molecule has 1 atom stereocenters. The third kappa shape index (κ3) is 4.71. The molecule has 1 aliphatic rings. The summed E-state index contributed by atoms with van der Waals surface area (Å²) in [6.07, 6.45) is 1.76. The number of aliphatic imine (C=N–C) groups is 1. The minimum Gasteiger partial charge on any atom is -0.471 e. The van der Waals surface area contributed by atoms with Crippen LogP contribution in [0.15, 0.2) is 65.8 Å². The van der Waals surface area contributed by atoms with Crippen LogP contribution in [0.5, 0.6) is 0 Å². The molecular formula is C28H28FN5O2. The molecular weight excluding hydrogens is 457 g/mol. The number of benzene rings is 1. The van der Waals surface area contributed by atoms with Crippen molar-refractivity contribution in [2.75, 3.05) is 6.54 Å². The van der Waals surface area contributed by atoms with Crippen molar-refractivity contribution in [3.63, 3.8) is 0 Å². The van der Waals surface area contributed by atoms with Crippen molar-refractivity contribution in [2.24, 2.45) is 4.99 Å². The zero-order valence-corrected chi connectivity index (χ0v) is 20.5. The van der Waals surface area contributed by atoms with E-state index in [1.807, 2.05) is 37.3 Å². The lowest BCUT2D eigenvalue weighted by molar-refractivity contribution is 0.0951. The number of halogens is 1. The van der Waals surface area contributed by atoms with Crippen molar-refractivity contribution >= 4 is 22.8 Å². The normalized spacial score (nSPS) is 15.2. The summed E-state index contributed by atoms with van der Waals surface area (Å²) in [5, 5.41) is 3.71. The highest BCUT2D eigenvalue weighted by Crippen LogP contribution is 2.32. The first-order valence-electron chi connectivity index (χ1n) is 12.1. The first-order valence-corrected chi connectivity index (χ1v) is 12.1. The Hall–Kier alpha value is -4.07. The third-order valence-corrected chi connectivity index (χ3v) is 6.13. The molecule has 4 heterocycles. The molecule has 0 saturated carbocycles. The van der Waals surface area contributed by atoms with E-state index < -0.39 is 0 Å². The second-order valence-electron chi connectivity index (χ2n) is 9.28. The van der Waals surface area contributed by atoms with Crippen LogP contribution in [0.1, 0.15) is 59.7 Å². The van der Waals surface area contributed by atoms with Crippen LogP contribution in [0.3, 0.4) is 0 Å². The van der Waals surface area contributed by atoms with Crippen LogP contribution in [0.4, 0.5) is 4.39 Å². The highest BCUT2D eigenvalue weighted by molar-refractivity contribution is 6.08. The lowest BCUT2D eigenvalue weighted by Crippen LogP contribution is -2.24. The summed E-state index contributed by atoms with van der Waals surface area (Å²) in [6.45, 7) is 7.35. The van der Waals surface area contributed by atoms with Gasteiger partial charge in [0, 0.05) is 23.8 Å². The van der Waals surface area contributed by atoms with Crippen LogP contribution in [0.25, 0.3) is 11.0 Å². The average Bonchev–Trinajstić information content (AvgIpc) is 3.44. The van der Waals surface area contributed by atoms with Crippen LogP contribution in [0, 0.1) is 5.82 Å². The fourth-order valence-corrected chi connectivity index (χ4v) is 4.54. The van der Waals surface area contributed by atoms with Crippen molar-refractivity contribution in [2.45, 2.75) is 45.9 Å². The van der Waals surface area contributed by atoms with Crippen LogP contribution < -0.4 is 5.32 Å². The van der Waals surface area contributed by atoms with Gasteiger partial charge in [-0.3, -0.25) is 9.78 Å². The molecule has 1 N–H and O–H groups in total. The molecule has 0 bridgehead atoms. The van der Waals surface area contributed by atoms with Gasteiger partial charge in [-0.15, -0.1) is 0 Å². The average molecular weight is 486 g/mol. The second kappa shape index (κ2) is 9.89. The molecule has 1 unspecified atom stereocenters. The van der Waals surface area contributed by atoms with Crippen LogP contribution in [0.2, 0.25) is 0 Å². The van der Waals surface area contributed by atoms with Gasteiger partial charge in [-0.05, 0) is 54.8 Å². The molecule has 0 fully saturated rings. The number of ether oxygens (including phenoxy) is 1. The van der Waals surface area contributed by atoms with E-state index in [9.17, 15) is 9.18 Å². The Morgan fingerprint density at radius 3 is 2.75 bits per heavy atom. The van der Waals surface area contributed by atoms with Gasteiger partial charge in [-0.2, -0.15) is 0 Å². The summed E-state index contributed by atoms with van der Waals surface area (Å²) in [5.74, 6) is -0.0235. The predicted octanol–water partition coefficient (Wildman–Crippen LogP) is 4.84. The highest BCUT2D eigenvalue weighted by Gasteiger charge is 2.27. The van der Waals surface area contributed by atoms with Crippen molar-refractivity contribution in [1.29, 1.82) is 0 Å². The number of aromatic nitrogens is 3. The number of nitrogens with one attached hydrogen (secondary N) is 1. The fourth-order valence-electron chi connectivity index (χ4n) is 4.54. The maximum atomic E-state index is 13.6. The van der Waals surface area contributed by atoms with E-state index in [-0.39, 0.29) is 30.3 Å². The molecule has 0 aliphatic carbocycles. The van der Waals surface area contributed by atoms with Gasteiger partial charge >= 0.3 is 0 Å². The van der Waals surface area contributed by atoms with Crippen molar-refractivity contribution < 1.29 is 13.9 Å². The lowest BCUT2D eigenvalue weighted by atomic mass is 10.0. The van der Waals surface area contributed by atoms with Crippen molar-refractivity contribution in [3.05, 3.63) is 94.8 Å². The number of carbonyl (C=O) groups excluding carboxylic acids is 1. The maximum Gasteiger partial charge on any atom is 0.254 e. The van der Waals surface area contributed by atoms with Gasteiger partial charge in [0.15, 0.2) is 0 Å². The predicted molar refractivity (Wildman–Crippen MR) is 137 cm³/mol. The van der Waals surface area contributed by atoms with E-state index in [4.69, 9.17) is 9.72 Å². The number of pyridine rings is 2. The second-order valence-corrected chi connectivity index (χ2v) is 9.28. The van der Waals surface area contributed by atoms with Gasteiger partial charge in [0.05, 0.1) is 24.3 Å². The van der Waals surface area contributed by atoms with Gasteiger partial charge in [-0.1, -0.05) is 32.0 Å². The molecule has 7 nitrogen and oxygen atoms in total. The smallest absolute Gasteiger partial charge is 0.254 e. The summed E-state index contributed by atoms with van der Waals surface area (Å²) in [4.78, 5) is 27.5. The van der Waals surface area contributed by atoms with Gasteiger partial charge in [-0.25, -0.2) is 14.4 Å². The van der Waals surface area contributed by atoms with Crippen molar-refractivity contribution in [1.82, 2.24) is 19.9 Å². The van der Waals surface area contributed by atoms with Gasteiger partial charge < -0.3 is 14.6 Å². The number of hydrogen-bond donors (Lipinski definition) is 1. The zero-order valence-electron chi connectivity index (χ0n) is 20.5. The molecule has 184 valence electrons. The van der Waals surface area contributed by atoms with Crippen LogP contribution in [-0.4, -0.2) is 39.0 Å². The monoisotopic (exact) mass is 485 g/mol. The Morgan fingerprint density at radius 1 is 1.19 bits per heavy atom. The molecule has 1 aliphatic heterocycles. The summed E-state index contributed by atoms with van der Waals surface area (Å²) < 4.78 is 21.5. The Bertz CT molecular complexity index is 1450. The number of rotatable bonds is 7. The van der Waals surface area contributed by atoms with E-state index in [2.05, 4.69) is 33.7 Å². The number of fused-ring (bicyclic) bond motifs is 1. The van der Waals surface area contributed by atoms with E-state index in [0.717, 1.165) is 16.8 Å². The Balaban J connectivity index is 1.60. The maximum absolute atomic E-state index is 13.6. The quantitative estimate of drug-likeness (QED) is 0.406. The number of carbonyl (C=O) groups is 1. The van der Waals surface area contributed by atoms with E-state index in [0.29, 0.717) is 41.5 Å². The summed E-state index contributed by atoms with van der Waals surface area (Å²) in [5.41, 5.74) is 4.28. The molecule has 3 aromatic heterocycles. The first kappa shape index (κ1) is 23.7. The number of nitrogens with zero attached hydrogens (tertiary/aromatic N) is 4. The van der Waals surface area contributed by atoms with Crippen LogP contribution >= 0.6 is 0 Å². The number of hydrogen-bond acceptors (Lipinski definition) is 5. The third-order valence-electron chi connectivity index (χ3n) is 6.13. The van der Waals surface area contributed by atoms with E-state index in [1.165, 1.54) is 12.1 Å². The molecule has 8 heteroatoms. The standard InChI is InChI=1S/C28H28FN5O2/c1-17(2)25-24(27(35)31-15-19-7-6-8-20(29)13-19)22-10-11-23(28-32-14-18(3)36-28)33-26(22)34(25)16-21-9-4-5-12-30-21/h4-13,17-18H,14-16H2,1-3H3,(H,31,35). The molecule has 36 heavy (non-hydrogen) atoms. The molecule has 1 amide bonds. The van der Waals surface area contributed by atoms with Gasteiger partial charge in [0.1, 0.15) is 23.3 Å². The van der Waals surface area contributed by atoms with E-state index in [1.54, 1.807) is 18.3 Å². The largest absolute Gasteiger partial charge is 0.471 e. The molecule has 0 saturated heterocycles. The first-order chi connectivity index (χ1) is 17.4. The Labute approximate surface area is 209 Å². The summed E-state index contributed by atoms with van der Waals surface area (Å²) >= 11 is 0. The highest BCUT2D eigenvalue weighted by atomic mass is 19.1. The van der Waals surface area contributed by atoms with Crippen molar-refractivity contribution in [3.8, 4) is 0 Å². The zero-order chi connectivity index (χ0) is 25.2. The Morgan fingerprint density at radius 2 is 2.06 bits per heavy atom. The lowest BCUT2D eigenvalue weighted by Gasteiger charge is -2.15. The molecule has 1 aromatic carbocycles. The van der Waals surface area contributed by atoms with E-state index >= 15 is 0 Å². The molecule has 5 rings (SSSR count). The SMILES string of the molecule is CC1CN=C(c2ccc3c(C(=O)NCc4cccc(F)c4)c(C(C)C)n(Cc4ccccn4)c3n2)O1. The Kier molecular flexibility index (Phi) is 6.50. The summed E-state index contributed by atoms with van der Waals surface area (Å²) in [6, 6.07) is 15.7.